The number of ether oxygens (including phenoxy) is 1. The first-order valence-electron chi connectivity index (χ1n) is 14.1. The predicted octanol–water partition coefficient (Wildman–Crippen LogP) is 7.70. The number of nitrogens with one attached hydrogen (secondary N) is 3. The second-order valence-electron chi connectivity index (χ2n) is 11.1. The molecule has 10 heteroatoms. The van der Waals surface area contributed by atoms with Crippen LogP contribution >= 0.6 is 22.7 Å². The summed E-state index contributed by atoms with van der Waals surface area (Å²) in [4.78, 5) is 41.4. The fourth-order valence-electron chi connectivity index (χ4n) is 5.85. The number of aromatic nitrogens is 3. The maximum absolute atomic E-state index is 13.5. The van der Waals surface area contributed by atoms with Crippen molar-refractivity contribution in [2.24, 2.45) is 5.92 Å². The zero-order chi connectivity index (χ0) is 29.0. The topological polar surface area (TPSA) is 103 Å². The van der Waals surface area contributed by atoms with E-state index in [0.29, 0.717) is 6.54 Å². The van der Waals surface area contributed by atoms with Gasteiger partial charge in [0.15, 0.2) is 0 Å². The molecule has 0 radical (unpaired) electrons. The number of alkyl carbamates (subject to hydrolysis) is 1. The Morgan fingerprint density at radius 2 is 1.71 bits per heavy atom. The third-order valence-corrected chi connectivity index (χ3v) is 10.5. The van der Waals surface area contributed by atoms with Crippen LogP contribution in [0.1, 0.15) is 38.6 Å². The van der Waals surface area contributed by atoms with E-state index in [1.165, 1.54) is 37.2 Å². The number of carbonyl (C=O) groups excluding carboxylic acids is 2. The van der Waals surface area contributed by atoms with Gasteiger partial charge in [0, 0.05) is 37.4 Å². The number of aromatic amines is 2. The average Bonchev–Trinajstić information content (AvgIpc) is 3.80. The van der Waals surface area contributed by atoms with Gasteiger partial charge in [-0.2, -0.15) is 0 Å². The second kappa shape index (κ2) is 10.6. The number of hydrogen-bond donors (Lipinski definition) is 3. The molecule has 0 aliphatic carbocycles. The smallest absolute Gasteiger partial charge is 0.407 e. The molecule has 1 aliphatic rings. The van der Waals surface area contributed by atoms with Crippen LogP contribution in [0.5, 0.6) is 0 Å². The number of thiophene rings is 2. The summed E-state index contributed by atoms with van der Waals surface area (Å²) in [6, 6.07) is 18.7. The molecule has 0 spiro atoms. The van der Waals surface area contributed by atoms with Crippen LogP contribution in [-0.4, -0.2) is 51.5 Å². The van der Waals surface area contributed by atoms with Gasteiger partial charge < -0.3 is 24.9 Å². The fraction of sp³-hybridized carbons (Fsp3) is 0.281. The van der Waals surface area contributed by atoms with Gasteiger partial charge in [0.1, 0.15) is 11.9 Å². The maximum atomic E-state index is 13.5. The number of hydrogen-bond acceptors (Lipinski definition) is 6. The molecule has 5 heterocycles. The van der Waals surface area contributed by atoms with Crippen molar-refractivity contribution >= 4 is 66.0 Å². The summed E-state index contributed by atoms with van der Waals surface area (Å²) in [5, 5.41) is 3.93. The molecule has 0 unspecified atom stereocenters. The molecule has 7 rings (SSSR count). The number of benzene rings is 2. The van der Waals surface area contributed by atoms with Gasteiger partial charge >= 0.3 is 6.09 Å². The number of H-pyrrole nitrogens is 2. The van der Waals surface area contributed by atoms with Crippen LogP contribution in [-0.2, 0) is 9.53 Å². The molecular weight excluding hydrogens is 567 g/mol. The lowest BCUT2D eigenvalue weighted by atomic mass is 10.0. The zero-order valence-corrected chi connectivity index (χ0v) is 25.2. The molecule has 1 aliphatic heterocycles. The summed E-state index contributed by atoms with van der Waals surface area (Å²) < 4.78 is 7.31. The Labute approximate surface area is 250 Å². The molecule has 6 aromatic rings. The minimum Gasteiger partial charge on any atom is -0.453 e. The molecule has 0 bridgehead atoms. The molecule has 214 valence electrons. The van der Waals surface area contributed by atoms with Crippen molar-refractivity contribution in [1.29, 1.82) is 0 Å². The van der Waals surface area contributed by atoms with Crippen molar-refractivity contribution in [3.05, 3.63) is 66.6 Å². The number of likely N-dealkylation sites (tertiary alicyclic amines) is 1. The summed E-state index contributed by atoms with van der Waals surface area (Å²) in [6.07, 6.45) is 3.08. The second-order valence-corrected chi connectivity index (χ2v) is 13.3. The predicted molar refractivity (Wildman–Crippen MR) is 170 cm³/mol. The Kier molecular flexibility index (Phi) is 6.74. The first kappa shape index (κ1) is 26.7. The van der Waals surface area contributed by atoms with E-state index >= 15 is 0 Å². The van der Waals surface area contributed by atoms with Crippen LogP contribution in [0.3, 0.4) is 0 Å². The highest BCUT2D eigenvalue weighted by atomic mass is 32.1. The molecule has 2 amide bonds. The van der Waals surface area contributed by atoms with Crippen LogP contribution < -0.4 is 5.32 Å². The Balaban J connectivity index is 1.14. The van der Waals surface area contributed by atoms with Gasteiger partial charge in [-0.15, -0.1) is 22.7 Å². The fourth-order valence-corrected chi connectivity index (χ4v) is 8.24. The summed E-state index contributed by atoms with van der Waals surface area (Å²) in [7, 11) is 1.31. The van der Waals surface area contributed by atoms with E-state index in [4.69, 9.17) is 9.72 Å². The van der Waals surface area contributed by atoms with Crippen molar-refractivity contribution < 1.29 is 14.3 Å². The summed E-state index contributed by atoms with van der Waals surface area (Å²) >= 11 is 3.62. The highest BCUT2D eigenvalue weighted by Crippen LogP contribution is 2.42. The van der Waals surface area contributed by atoms with Crippen molar-refractivity contribution in [3.63, 3.8) is 0 Å². The highest BCUT2D eigenvalue weighted by molar-refractivity contribution is 7.31. The van der Waals surface area contributed by atoms with Gasteiger partial charge in [0.2, 0.25) is 5.91 Å². The Bertz CT molecular complexity index is 1920. The van der Waals surface area contributed by atoms with E-state index in [2.05, 4.69) is 63.8 Å². The normalized spacial score (nSPS) is 16.2. The monoisotopic (exact) mass is 597 g/mol. The number of imidazole rings is 1. The maximum Gasteiger partial charge on any atom is 0.407 e. The molecule has 1 saturated heterocycles. The lowest BCUT2D eigenvalue weighted by Gasteiger charge is -2.29. The number of amides is 2. The zero-order valence-electron chi connectivity index (χ0n) is 23.6. The minimum atomic E-state index is -0.654. The molecule has 8 nitrogen and oxygen atoms in total. The lowest BCUT2D eigenvalue weighted by Crippen LogP contribution is -2.51. The average molecular weight is 598 g/mol. The summed E-state index contributed by atoms with van der Waals surface area (Å²) in [5.41, 5.74) is 5.35. The van der Waals surface area contributed by atoms with Gasteiger partial charge in [0.25, 0.3) is 0 Å². The van der Waals surface area contributed by atoms with Gasteiger partial charge in [-0.05, 0) is 71.7 Å². The third-order valence-electron chi connectivity index (χ3n) is 8.07. The van der Waals surface area contributed by atoms with E-state index in [-0.39, 0.29) is 17.9 Å². The van der Waals surface area contributed by atoms with E-state index in [0.717, 1.165) is 40.8 Å². The van der Waals surface area contributed by atoms with Gasteiger partial charge in [0.05, 0.1) is 24.2 Å². The first-order chi connectivity index (χ1) is 20.4. The number of methoxy groups -OCH3 is 1. The Morgan fingerprint density at radius 1 is 1.00 bits per heavy atom. The Morgan fingerprint density at radius 3 is 2.43 bits per heavy atom. The summed E-state index contributed by atoms with van der Waals surface area (Å²) in [6.45, 7) is 4.47. The highest BCUT2D eigenvalue weighted by Gasteiger charge is 2.37. The number of rotatable bonds is 6. The van der Waals surface area contributed by atoms with E-state index in [1.807, 2.05) is 42.3 Å². The minimum absolute atomic E-state index is 0.0738. The molecule has 1 fully saturated rings. The van der Waals surface area contributed by atoms with Crippen LogP contribution in [0.25, 0.3) is 52.2 Å². The van der Waals surface area contributed by atoms with E-state index in [1.54, 1.807) is 11.3 Å². The first-order valence-corrected chi connectivity index (χ1v) is 15.8. The molecule has 2 atom stereocenters. The molecule has 2 aromatic carbocycles. The molecule has 3 N–H and O–H groups in total. The van der Waals surface area contributed by atoms with Gasteiger partial charge in [-0.3, -0.25) is 4.79 Å². The van der Waals surface area contributed by atoms with Crippen molar-refractivity contribution in [1.82, 2.24) is 25.2 Å². The molecule has 0 saturated carbocycles. The van der Waals surface area contributed by atoms with Gasteiger partial charge in [-0.1, -0.05) is 32.0 Å². The number of nitrogens with zero attached hydrogens (tertiary/aromatic N) is 2. The third kappa shape index (κ3) is 4.74. The van der Waals surface area contributed by atoms with Crippen LogP contribution in [0.2, 0.25) is 0 Å². The van der Waals surface area contributed by atoms with Crippen molar-refractivity contribution in [3.8, 4) is 20.9 Å². The Hall–Kier alpha value is -4.15. The number of carbonyl (C=O) groups is 2. The van der Waals surface area contributed by atoms with Crippen LogP contribution in [0.15, 0.2) is 60.8 Å². The largest absolute Gasteiger partial charge is 0.453 e. The van der Waals surface area contributed by atoms with Crippen LogP contribution in [0, 0.1) is 5.92 Å². The molecule has 4 aromatic heterocycles. The summed E-state index contributed by atoms with van der Waals surface area (Å²) in [5.74, 6) is 0.601. The van der Waals surface area contributed by atoms with Crippen LogP contribution in [0.4, 0.5) is 4.79 Å². The lowest BCUT2D eigenvalue weighted by molar-refractivity contribution is -0.135. The standard InChI is InChI=1S/C32H31N5O3S2/c1-17(2)29(36-32(39)40-3)31(38)37-12-4-5-24(37)30-34-21-9-8-20(14-23(21)35-30)26-16-28-27(42-26)15-25(41-28)19-7-6-18-10-11-33-22(18)13-19/h6-11,13-17,24,29,33H,4-5,12H2,1-3H3,(H,34,35)(H,36,39)/t24-,29-/m0/s1. The SMILES string of the molecule is COC(=O)N[C@H](C(=O)N1CCC[C@H]1c1nc2ccc(-c3cc4sc(-c5ccc6cc[nH]c6c5)cc4s3)cc2[nH]1)C(C)C. The molecule has 42 heavy (non-hydrogen) atoms. The van der Waals surface area contributed by atoms with Gasteiger partial charge in [-0.25, -0.2) is 9.78 Å². The molecular formula is C32H31N5O3S2. The van der Waals surface area contributed by atoms with Crippen molar-refractivity contribution in [2.75, 3.05) is 13.7 Å². The van der Waals surface area contributed by atoms with E-state index < -0.39 is 12.1 Å². The van der Waals surface area contributed by atoms with Crippen molar-refractivity contribution in [2.45, 2.75) is 38.8 Å². The number of fused-ring (bicyclic) bond motifs is 3. The van der Waals surface area contributed by atoms with E-state index in [9.17, 15) is 9.59 Å². The quantitative estimate of drug-likeness (QED) is 0.183.